The highest BCUT2D eigenvalue weighted by atomic mass is 16.5. The SMILES string of the molecule is C#Cc1ccc([C@H](C)NC(=O)[C@@H]2C[C@@H](O)CN2C(=O)[C@@H](NC(=O)N2CCC(N3CCC(c4cnc(N5CCc6[nH]c7nnc(-c8ccccc8O)cc7c6[C@H]5COC)nc4)CC3)CC2)C(C)(C)CCO)c(O)c1. The number of hydrogen-bond acceptors (Lipinski definition) is 14. The molecule has 0 saturated carbocycles. The minimum absolute atomic E-state index is 0.00297. The number of aromatic nitrogens is 5. The molecule has 19 heteroatoms. The average Bonchev–Trinajstić information content (AvgIpc) is 3.98. The van der Waals surface area contributed by atoms with Gasteiger partial charge in [-0.2, -0.15) is 0 Å². The number of rotatable bonds is 14. The summed E-state index contributed by atoms with van der Waals surface area (Å²) in [7, 11) is 1.69. The fraction of sp³-hybridized carbons (Fsp3) is 0.500. The number of phenolic OH excluding ortho intramolecular Hbond substituents is 2. The van der Waals surface area contributed by atoms with Crippen molar-refractivity contribution in [2.75, 3.05) is 64.5 Å². The topological polar surface area (TPSA) is 246 Å². The minimum Gasteiger partial charge on any atom is -0.508 e. The first-order valence-electron chi connectivity index (χ1n) is 25.4. The summed E-state index contributed by atoms with van der Waals surface area (Å²) in [6.07, 6.45) is 12.8. The van der Waals surface area contributed by atoms with Gasteiger partial charge in [-0.05, 0) is 99.3 Å². The molecule has 3 saturated heterocycles. The first-order chi connectivity index (χ1) is 35.2. The van der Waals surface area contributed by atoms with Crippen molar-refractivity contribution in [1.82, 2.24) is 50.5 Å². The Labute approximate surface area is 425 Å². The van der Waals surface area contributed by atoms with Gasteiger partial charge in [0.1, 0.15) is 23.6 Å². The smallest absolute Gasteiger partial charge is 0.318 e. The van der Waals surface area contributed by atoms with E-state index < -0.39 is 47.5 Å². The first-order valence-corrected chi connectivity index (χ1v) is 25.4. The van der Waals surface area contributed by atoms with Crippen molar-refractivity contribution < 1.29 is 39.5 Å². The summed E-state index contributed by atoms with van der Waals surface area (Å²) < 4.78 is 5.78. The van der Waals surface area contributed by atoms with E-state index in [1.54, 1.807) is 57.0 Å². The number of anilines is 1. The number of nitrogens with one attached hydrogen (secondary N) is 3. The summed E-state index contributed by atoms with van der Waals surface area (Å²) in [5.41, 5.74) is 5.16. The van der Waals surface area contributed by atoms with Crippen LogP contribution in [0.4, 0.5) is 10.7 Å². The molecular weight excluding hydrogens is 931 g/mol. The summed E-state index contributed by atoms with van der Waals surface area (Å²) in [5.74, 6) is 2.45. The zero-order valence-electron chi connectivity index (χ0n) is 42.0. The lowest BCUT2D eigenvalue weighted by atomic mass is 9.80. The van der Waals surface area contributed by atoms with Crippen molar-refractivity contribution in [1.29, 1.82) is 0 Å². The summed E-state index contributed by atoms with van der Waals surface area (Å²) >= 11 is 0. The van der Waals surface area contributed by atoms with Crippen molar-refractivity contribution in [2.45, 2.75) is 108 Å². The average molecular weight is 998 g/mol. The maximum absolute atomic E-state index is 14.5. The maximum Gasteiger partial charge on any atom is 0.318 e. The number of benzene rings is 2. The molecule has 9 rings (SSSR count). The second kappa shape index (κ2) is 21.7. The molecule has 4 aliphatic rings. The number of ether oxygens (including phenoxy) is 1. The zero-order valence-corrected chi connectivity index (χ0v) is 42.0. The summed E-state index contributed by atoms with van der Waals surface area (Å²) in [4.78, 5) is 63.4. The molecule has 3 aromatic heterocycles. The summed E-state index contributed by atoms with van der Waals surface area (Å²) in [6, 6.07) is 10.8. The summed E-state index contributed by atoms with van der Waals surface area (Å²) in [5, 5.41) is 57.6. The van der Waals surface area contributed by atoms with Gasteiger partial charge in [0.2, 0.25) is 17.8 Å². The van der Waals surface area contributed by atoms with E-state index in [1.807, 2.05) is 30.6 Å². The van der Waals surface area contributed by atoms with Gasteiger partial charge in [0.05, 0.1) is 30.5 Å². The molecular formula is C54H67N11O8. The first kappa shape index (κ1) is 51.1. The number of hydrogen-bond donors (Lipinski definition) is 7. The van der Waals surface area contributed by atoms with Crippen LogP contribution in [-0.2, 0) is 20.7 Å². The second-order valence-corrected chi connectivity index (χ2v) is 20.7. The lowest BCUT2D eigenvalue weighted by molar-refractivity contribution is -0.142. The van der Waals surface area contributed by atoms with E-state index in [0.717, 1.165) is 67.4 Å². The van der Waals surface area contributed by atoms with E-state index in [-0.39, 0.29) is 43.5 Å². The van der Waals surface area contributed by atoms with E-state index in [4.69, 9.17) is 21.1 Å². The molecule has 19 nitrogen and oxygen atoms in total. The van der Waals surface area contributed by atoms with Crippen molar-refractivity contribution in [3.8, 4) is 35.1 Å². The molecule has 7 heterocycles. The number of methoxy groups -OCH3 is 1. The molecule has 4 amide bonds. The van der Waals surface area contributed by atoms with Crippen LogP contribution in [0.3, 0.4) is 0 Å². The molecule has 0 spiro atoms. The Morgan fingerprint density at radius 2 is 1.70 bits per heavy atom. The molecule has 2 aromatic carbocycles. The monoisotopic (exact) mass is 998 g/mol. The number of amides is 4. The number of likely N-dealkylation sites (tertiary alicyclic amines) is 3. The Kier molecular flexibility index (Phi) is 15.2. The van der Waals surface area contributed by atoms with Gasteiger partial charge in [0, 0.05) is 105 Å². The van der Waals surface area contributed by atoms with Crippen LogP contribution in [0.15, 0.2) is 60.9 Å². The van der Waals surface area contributed by atoms with Crippen molar-refractivity contribution in [3.05, 3.63) is 88.9 Å². The molecule has 386 valence electrons. The quantitative estimate of drug-likeness (QED) is 0.0757. The number of carbonyl (C=O) groups is 3. The Morgan fingerprint density at radius 3 is 2.38 bits per heavy atom. The predicted molar refractivity (Wildman–Crippen MR) is 273 cm³/mol. The van der Waals surface area contributed by atoms with Gasteiger partial charge in [-0.3, -0.25) is 9.59 Å². The number of terminal acetylenes is 1. The Balaban J connectivity index is 0.791. The maximum atomic E-state index is 14.5. The molecule has 5 atom stereocenters. The highest BCUT2D eigenvalue weighted by Crippen LogP contribution is 2.40. The van der Waals surface area contributed by atoms with Crippen LogP contribution in [-0.4, -0.2) is 162 Å². The third kappa shape index (κ3) is 10.7. The van der Waals surface area contributed by atoms with Gasteiger partial charge < -0.3 is 60.4 Å². The van der Waals surface area contributed by atoms with Crippen LogP contribution >= 0.6 is 0 Å². The molecule has 73 heavy (non-hydrogen) atoms. The molecule has 0 unspecified atom stereocenters. The number of aliphatic hydroxyl groups excluding tert-OH is 2. The van der Waals surface area contributed by atoms with Crippen molar-refractivity contribution in [3.63, 3.8) is 0 Å². The van der Waals surface area contributed by atoms with Gasteiger partial charge in [0.25, 0.3) is 0 Å². The normalized spacial score (nSPS) is 20.9. The third-order valence-corrected chi connectivity index (χ3v) is 15.6. The Morgan fingerprint density at radius 1 is 0.959 bits per heavy atom. The van der Waals surface area contributed by atoms with E-state index >= 15 is 0 Å². The van der Waals surface area contributed by atoms with E-state index in [0.29, 0.717) is 72.2 Å². The Hall–Kier alpha value is -6.85. The highest BCUT2D eigenvalue weighted by molar-refractivity contribution is 5.93. The van der Waals surface area contributed by atoms with Crippen LogP contribution in [0.5, 0.6) is 11.5 Å². The van der Waals surface area contributed by atoms with Crippen molar-refractivity contribution in [2.24, 2.45) is 5.41 Å². The number of phenols is 2. The molecule has 7 N–H and O–H groups in total. The van der Waals surface area contributed by atoms with E-state index in [2.05, 4.69) is 41.5 Å². The van der Waals surface area contributed by atoms with E-state index in [9.17, 15) is 34.8 Å². The largest absolute Gasteiger partial charge is 0.508 e. The predicted octanol–water partition coefficient (Wildman–Crippen LogP) is 4.53. The van der Waals surface area contributed by atoms with Crippen LogP contribution in [0, 0.1) is 17.8 Å². The number of aromatic hydroxyl groups is 2. The number of urea groups is 1. The molecule has 5 aromatic rings. The minimum atomic E-state index is -1.10. The van der Waals surface area contributed by atoms with Crippen molar-refractivity contribution >= 4 is 34.8 Å². The lowest BCUT2D eigenvalue weighted by Crippen LogP contribution is -2.61. The Bertz CT molecular complexity index is 2840. The van der Waals surface area contributed by atoms with Crippen LogP contribution in [0.25, 0.3) is 22.3 Å². The highest BCUT2D eigenvalue weighted by Gasteiger charge is 2.47. The van der Waals surface area contributed by atoms with Gasteiger partial charge in [0.15, 0.2) is 5.65 Å². The molecule has 0 aliphatic carbocycles. The molecule has 0 radical (unpaired) electrons. The lowest BCUT2D eigenvalue weighted by Gasteiger charge is -2.43. The number of aromatic amines is 1. The molecule has 4 aliphatic heterocycles. The fourth-order valence-electron chi connectivity index (χ4n) is 11.4. The zero-order chi connectivity index (χ0) is 51.6. The second-order valence-electron chi connectivity index (χ2n) is 20.7. The fourth-order valence-corrected chi connectivity index (χ4v) is 11.4. The number of fused-ring (bicyclic) bond motifs is 3. The molecule has 0 bridgehead atoms. The van der Waals surface area contributed by atoms with Gasteiger partial charge in [-0.25, -0.2) is 14.8 Å². The number of H-pyrrole nitrogens is 1. The number of aliphatic hydroxyl groups is 2. The van der Waals surface area contributed by atoms with Crippen LogP contribution in [0.1, 0.15) is 105 Å². The van der Waals surface area contributed by atoms with Gasteiger partial charge >= 0.3 is 6.03 Å². The number of piperidine rings is 2. The number of carbonyl (C=O) groups excluding carboxylic acids is 3. The number of β-amino-alcohol motifs (C(OH)–C–C–N with tert-alkyl or cyclic N) is 1. The number of nitrogens with zero attached hydrogens (tertiary/aromatic N) is 8. The molecule has 3 fully saturated rings. The number of para-hydroxylation sites is 1. The van der Waals surface area contributed by atoms with Gasteiger partial charge in [-0.15, -0.1) is 16.6 Å². The standard InChI is InChI=1S/C54H67N11O8/c1-6-33-11-12-38(46(69)25-33)32(2)57-50(70)43-26-37(67)30-65(43)51(71)48(54(3,4)18-24-66)59-53(72)63-21-15-36(16-22-63)62-19-13-34(14-20-62)35-28-55-52(56-29-35)64-23-17-41-47(44(64)31-73-5)40-27-42(60-61-49(40)58-41)39-9-7-8-10-45(39)68/h1,7-12,25,27-29,32,34,36-37,43-44,48,66-69H,13-24,26,30-31H2,2-5H3,(H,57,70)(H,58,61)(H,59,72)/t32-,37+,43-,44+,48+/m0/s1. The summed E-state index contributed by atoms with van der Waals surface area (Å²) in [6.45, 7) is 8.89. The van der Waals surface area contributed by atoms with E-state index in [1.165, 1.54) is 11.0 Å². The third-order valence-electron chi connectivity index (χ3n) is 15.6. The van der Waals surface area contributed by atoms with Crippen LogP contribution < -0.4 is 15.5 Å². The van der Waals surface area contributed by atoms with Gasteiger partial charge in [-0.1, -0.05) is 38.0 Å². The van der Waals surface area contributed by atoms with Crippen LogP contribution in [0.2, 0.25) is 0 Å².